The van der Waals surface area contributed by atoms with Crippen molar-refractivity contribution < 1.29 is 14.3 Å². The van der Waals surface area contributed by atoms with Gasteiger partial charge in [0.25, 0.3) is 5.91 Å². The average molecular weight is 396 g/mol. The third-order valence-electron chi connectivity index (χ3n) is 5.00. The molecule has 0 aliphatic heterocycles. The maximum absolute atomic E-state index is 12.4. The van der Waals surface area contributed by atoms with E-state index >= 15 is 0 Å². The van der Waals surface area contributed by atoms with Crippen LogP contribution < -0.4 is 20.7 Å². The predicted octanol–water partition coefficient (Wildman–Crippen LogP) is 4.20. The van der Waals surface area contributed by atoms with Gasteiger partial charge < -0.3 is 20.7 Å². The molecule has 2 aromatic rings. The molecule has 0 atom stereocenters. The Morgan fingerprint density at radius 3 is 2.45 bits per heavy atom. The van der Waals surface area contributed by atoms with Gasteiger partial charge in [0.2, 0.25) is 5.91 Å². The summed E-state index contributed by atoms with van der Waals surface area (Å²) in [5.41, 5.74) is 2.04. The zero-order valence-corrected chi connectivity index (χ0v) is 16.9. The Hall–Kier alpha value is -3.02. The van der Waals surface area contributed by atoms with Crippen molar-refractivity contribution in [3.8, 4) is 5.75 Å². The smallest absolute Gasteiger partial charge is 0.251 e. The summed E-state index contributed by atoms with van der Waals surface area (Å²) in [6, 6.07) is 14.8. The van der Waals surface area contributed by atoms with Crippen LogP contribution in [0.25, 0.3) is 0 Å². The van der Waals surface area contributed by atoms with E-state index in [1.54, 1.807) is 24.3 Å². The zero-order chi connectivity index (χ0) is 20.5. The number of ether oxygens (including phenoxy) is 1. The quantitative estimate of drug-likeness (QED) is 0.626. The Morgan fingerprint density at radius 1 is 1.00 bits per heavy atom. The number of benzene rings is 2. The van der Waals surface area contributed by atoms with Crippen LogP contribution in [0.5, 0.6) is 5.75 Å². The van der Waals surface area contributed by atoms with Gasteiger partial charge >= 0.3 is 0 Å². The molecule has 1 aliphatic carbocycles. The first-order chi connectivity index (χ1) is 14.2. The molecule has 2 aromatic carbocycles. The third-order valence-corrected chi connectivity index (χ3v) is 5.00. The van der Waals surface area contributed by atoms with E-state index in [4.69, 9.17) is 4.74 Å². The lowest BCUT2D eigenvalue weighted by atomic mass is 9.95. The second kappa shape index (κ2) is 10.5. The molecule has 0 unspecified atom stereocenters. The molecular formula is C23H29N3O3. The molecule has 0 spiro atoms. The summed E-state index contributed by atoms with van der Waals surface area (Å²) in [6.45, 7) is 2.60. The van der Waals surface area contributed by atoms with E-state index in [0.29, 0.717) is 17.9 Å². The van der Waals surface area contributed by atoms with Crippen LogP contribution in [0.1, 0.15) is 49.4 Å². The summed E-state index contributed by atoms with van der Waals surface area (Å²) < 4.78 is 5.55. The lowest BCUT2D eigenvalue weighted by molar-refractivity contribution is -0.114. The van der Waals surface area contributed by atoms with Gasteiger partial charge in [0.05, 0.1) is 18.8 Å². The van der Waals surface area contributed by atoms with Crippen molar-refractivity contribution in [3.63, 3.8) is 0 Å². The number of nitrogens with one attached hydrogen (secondary N) is 3. The molecule has 29 heavy (non-hydrogen) atoms. The Balaban J connectivity index is 1.49. The highest BCUT2D eigenvalue weighted by Crippen LogP contribution is 2.23. The van der Waals surface area contributed by atoms with Gasteiger partial charge in [0.15, 0.2) is 0 Å². The van der Waals surface area contributed by atoms with Crippen LogP contribution in [-0.2, 0) is 4.79 Å². The van der Waals surface area contributed by atoms with E-state index in [0.717, 1.165) is 24.3 Å². The molecule has 0 bridgehead atoms. The van der Waals surface area contributed by atoms with Crippen LogP contribution >= 0.6 is 0 Å². The lowest BCUT2D eigenvalue weighted by Gasteiger charge is -2.22. The van der Waals surface area contributed by atoms with Crippen molar-refractivity contribution in [2.75, 3.05) is 23.8 Å². The van der Waals surface area contributed by atoms with Gasteiger partial charge in [0.1, 0.15) is 5.75 Å². The minimum Gasteiger partial charge on any atom is -0.492 e. The number of carbonyl (C=O) groups excluding carboxylic acids is 2. The number of para-hydroxylation sites is 2. The van der Waals surface area contributed by atoms with E-state index in [1.807, 2.05) is 31.2 Å². The normalized spacial score (nSPS) is 14.1. The van der Waals surface area contributed by atoms with Crippen LogP contribution in [0.3, 0.4) is 0 Å². The number of rotatable bonds is 8. The molecule has 6 nitrogen and oxygen atoms in total. The van der Waals surface area contributed by atoms with Crippen molar-refractivity contribution >= 4 is 23.2 Å². The lowest BCUT2D eigenvalue weighted by Crippen LogP contribution is -2.36. The van der Waals surface area contributed by atoms with E-state index in [9.17, 15) is 9.59 Å². The first kappa shape index (κ1) is 20.7. The number of amides is 2. The molecule has 1 fully saturated rings. The fraction of sp³-hybridized carbons (Fsp3) is 0.391. The summed E-state index contributed by atoms with van der Waals surface area (Å²) in [5.74, 6) is 0.496. The highest BCUT2D eigenvalue weighted by atomic mass is 16.5. The van der Waals surface area contributed by atoms with Crippen LogP contribution in [0.15, 0.2) is 48.5 Å². The predicted molar refractivity (Wildman–Crippen MR) is 116 cm³/mol. The SMILES string of the molecule is CCOc1ccccc1NCC(=O)Nc1ccc(C(=O)NC2CCCCC2)cc1. The van der Waals surface area contributed by atoms with Gasteiger partial charge in [-0.3, -0.25) is 9.59 Å². The maximum Gasteiger partial charge on any atom is 0.251 e. The third kappa shape index (κ3) is 6.24. The van der Waals surface area contributed by atoms with Crippen molar-refractivity contribution in [1.29, 1.82) is 0 Å². The highest BCUT2D eigenvalue weighted by Gasteiger charge is 2.16. The second-order valence-corrected chi connectivity index (χ2v) is 7.22. The number of carbonyl (C=O) groups is 2. The first-order valence-electron chi connectivity index (χ1n) is 10.3. The van der Waals surface area contributed by atoms with E-state index in [-0.39, 0.29) is 24.4 Å². The fourth-order valence-corrected chi connectivity index (χ4v) is 3.50. The number of hydrogen-bond donors (Lipinski definition) is 3. The van der Waals surface area contributed by atoms with Gasteiger partial charge in [0, 0.05) is 17.3 Å². The Bertz CT molecular complexity index is 814. The topological polar surface area (TPSA) is 79.5 Å². The highest BCUT2D eigenvalue weighted by molar-refractivity contribution is 5.96. The van der Waals surface area contributed by atoms with Crippen molar-refractivity contribution in [2.24, 2.45) is 0 Å². The summed E-state index contributed by atoms with van der Waals surface area (Å²) in [6.07, 6.45) is 5.73. The second-order valence-electron chi connectivity index (χ2n) is 7.22. The van der Waals surface area contributed by atoms with Crippen molar-refractivity contribution in [1.82, 2.24) is 5.32 Å². The molecule has 3 rings (SSSR count). The van der Waals surface area contributed by atoms with E-state index in [2.05, 4.69) is 16.0 Å². The average Bonchev–Trinajstić information content (AvgIpc) is 2.74. The van der Waals surface area contributed by atoms with E-state index in [1.165, 1.54) is 19.3 Å². The molecule has 2 amide bonds. The minimum atomic E-state index is -0.171. The molecular weight excluding hydrogens is 366 g/mol. The van der Waals surface area contributed by atoms with Gasteiger partial charge in [-0.15, -0.1) is 0 Å². The fourth-order valence-electron chi connectivity index (χ4n) is 3.50. The summed E-state index contributed by atoms with van der Waals surface area (Å²) in [4.78, 5) is 24.6. The molecule has 0 heterocycles. The van der Waals surface area contributed by atoms with Crippen LogP contribution in [0.2, 0.25) is 0 Å². The Labute approximate surface area is 172 Å². The molecule has 6 heteroatoms. The summed E-state index contributed by atoms with van der Waals surface area (Å²) in [5, 5.41) is 9.03. The standard InChI is InChI=1S/C23H29N3O3/c1-2-29-21-11-7-6-10-20(21)24-16-22(27)25-19-14-12-17(13-15-19)23(28)26-18-8-4-3-5-9-18/h6-7,10-15,18,24H,2-5,8-9,16H2,1H3,(H,25,27)(H,26,28). The van der Waals surface area contributed by atoms with Gasteiger partial charge in [-0.2, -0.15) is 0 Å². The van der Waals surface area contributed by atoms with Crippen molar-refractivity contribution in [3.05, 3.63) is 54.1 Å². The summed E-state index contributed by atoms with van der Waals surface area (Å²) >= 11 is 0. The van der Waals surface area contributed by atoms with Crippen LogP contribution in [0, 0.1) is 0 Å². The molecule has 154 valence electrons. The molecule has 1 aliphatic rings. The van der Waals surface area contributed by atoms with Gasteiger partial charge in [-0.25, -0.2) is 0 Å². The van der Waals surface area contributed by atoms with Crippen molar-refractivity contribution in [2.45, 2.75) is 45.1 Å². The molecule has 3 N–H and O–H groups in total. The Morgan fingerprint density at radius 2 is 1.72 bits per heavy atom. The first-order valence-corrected chi connectivity index (χ1v) is 10.3. The Kier molecular flexibility index (Phi) is 7.50. The molecule has 0 saturated heterocycles. The number of anilines is 2. The molecule has 0 aromatic heterocycles. The minimum absolute atomic E-state index is 0.0519. The zero-order valence-electron chi connectivity index (χ0n) is 16.9. The van der Waals surface area contributed by atoms with Gasteiger partial charge in [-0.1, -0.05) is 31.4 Å². The van der Waals surface area contributed by atoms with Gasteiger partial charge in [-0.05, 0) is 56.2 Å². The molecule has 0 radical (unpaired) electrons. The maximum atomic E-state index is 12.4. The van der Waals surface area contributed by atoms with Crippen LogP contribution in [-0.4, -0.2) is 31.0 Å². The van der Waals surface area contributed by atoms with E-state index < -0.39 is 0 Å². The molecule has 1 saturated carbocycles. The van der Waals surface area contributed by atoms with Crippen LogP contribution in [0.4, 0.5) is 11.4 Å². The summed E-state index contributed by atoms with van der Waals surface area (Å²) in [7, 11) is 0. The number of hydrogen-bond acceptors (Lipinski definition) is 4. The largest absolute Gasteiger partial charge is 0.492 e. The monoisotopic (exact) mass is 395 g/mol.